The highest BCUT2D eigenvalue weighted by Gasteiger charge is 2.33. The summed E-state index contributed by atoms with van der Waals surface area (Å²) in [5.41, 5.74) is -1.69. The van der Waals surface area contributed by atoms with Gasteiger partial charge in [0.05, 0.1) is 17.0 Å². The third-order valence-electron chi connectivity index (χ3n) is 2.54. The van der Waals surface area contributed by atoms with Gasteiger partial charge in [-0.05, 0) is 17.7 Å². The van der Waals surface area contributed by atoms with Gasteiger partial charge >= 0.3 is 11.9 Å². The van der Waals surface area contributed by atoms with Crippen molar-refractivity contribution in [1.29, 1.82) is 0 Å². The first-order chi connectivity index (χ1) is 9.27. The summed E-state index contributed by atoms with van der Waals surface area (Å²) in [5, 5.41) is 14.1. The Morgan fingerprint density at radius 3 is 2.60 bits per heavy atom. The van der Waals surface area contributed by atoms with Crippen LogP contribution in [0.15, 0.2) is 30.6 Å². The molecule has 1 heterocycles. The summed E-state index contributed by atoms with van der Waals surface area (Å²) in [7, 11) is 0. The minimum absolute atomic E-state index is 0.225. The first kappa shape index (κ1) is 14.0. The number of hydrogen-bond donors (Lipinski definition) is 0. The van der Waals surface area contributed by atoms with Crippen LogP contribution in [0.4, 0.5) is 23.2 Å². The third-order valence-corrected chi connectivity index (χ3v) is 2.54. The van der Waals surface area contributed by atoms with Gasteiger partial charge in [0.2, 0.25) is 0 Å². The normalized spacial score (nSPS) is 11.6. The molecule has 1 aromatic heterocycles. The van der Waals surface area contributed by atoms with E-state index in [4.69, 9.17) is 0 Å². The molecule has 2 aromatic rings. The van der Waals surface area contributed by atoms with E-state index in [1.54, 1.807) is 0 Å². The van der Waals surface area contributed by atoms with E-state index in [0.717, 1.165) is 29.2 Å². The maximum atomic E-state index is 12.9. The van der Waals surface area contributed by atoms with Crippen molar-refractivity contribution in [2.75, 3.05) is 0 Å². The molecule has 0 aliphatic heterocycles. The molecule has 0 N–H and O–H groups in total. The number of rotatable bonds is 3. The number of nitrogens with zero attached hydrogens (tertiary/aromatic N) is 3. The second kappa shape index (κ2) is 4.91. The van der Waals surface area contributed by atoms with Crippen molar-refractivity contribution in [3.05, 3.63) is 57.7 Å². The van der Waals surface area contributed by atoms with E-state index in [2.05, 4.69) is 5.10 Å². The van der Waals surface area contributed by atoms with Gasteiger partial charge in [-0.2, -0.15) is 18.3 Å². The lowest BCUT2D eigenvalue weighted by Crippen LogP contribution is -2.12. The molecule has 5 nitrogen and oxygen atoms in total. The van der Waals surface area contributed by atoms with Crippen LogP contribution in [0, 0.1) is 15.9 Å². The first-order valence-corrected chi connectivity index (χ1v) is 5.30. The van der Waals surface area contributed by atoms with Gasteiger partial charge in [-0.15, -0.1) is 0 Å². The lowest BCUT2D eigenvalue weighted by molar-refractivity contribution is -0.385. The highest BCUT2D eigenvalue weighted by Crippen LogP contribution is 2.32. The van der Waals surface area contributed by atoms with Gasteiger partial charge in [-0.3, -0.25) is 14.8 Å². The fourth-order valence-electron chi connectivity index (χ4n) is 1.66. The van der Waals surface area contributed by atoms with E-state index in [0.29, 0.717) is 6.07 Å². The van der Waals surface area contributed by atoms with Crippen LogP contribution in [-0.4, -0.2) is 14.7 Å². The van der Waals surface area contributed by atoms with E-state index in [9.17, 15) is 27.7 Å². The Balaban J connectivity index is 2.35. The van der Waals surface area contributed by atoms with Crippen LogP contribution in [0.25, 0.3) is 0 Å². The molecule has 0 fully saturated rings. The maximum absolute atomic E-state index is 12.9. The van der Waals surface area contributed by atoms with Crippen LogP contribution >= 0.6 is 0 Å². The minimum atomic E-state index is -4.71. The molecule has 0 aliphatic rings. The van der Waals surface area contributed by atoms with Gasteiger partial charge < -0.3 is 0 Å². The summed E-state index contributed by atoms with van der Waals surface area (Å²) in [6, 6.07) is 2.25. The van der Waals surface area contributed by atoms with Gasteiger partial charge in [0.15, 0.2) is 0 Å². The Morgan fingerprint density at radius 2 is 2.05 bits per heavy atom. The van der Waals surface area contributed by atoms with Crippen LogP contribution < -0.4 is 0 Å². The Bertz CT molecular complexity index is 651. The topological polar surface area (TPSA) is 61.0 Å². The molecular formula is C11H7F4N3O2. The molecule has 0 unspecified atom stereocenters. The molecule has 0 atom stereocenters. The molecule has 106 valence electrons. The van der Waals surface area contributed by atoms with Gasteiger partial charge in [0, 0.05) is 0 Å². The van der Waals surface area contributed by atoms with Crippen molar-refractivity contribution >= 4 is 5.69 Å². The molecular weight excluding hydrogens is 282 g/mol. The van der Waals surface area contributed by atoms with Gasteiger partial charge in [0.25, 0.3) is 0 Å². The van der Waals surface area contributed by atoms with E-state index < -0.39 is 22.5 Å². The van der Waals surface area contributed by atoms with Crippen molar-refractivity contribution < 1.29 is 22.5 Å². The molecule has 0 spiro atoms. The zero-order valence-electron chi connectivity index (χ0n) is 9.76. The smallest absolute Gasteiger partial charge is 0.261 e. The summed E-state index contributed by atoms with van der Waals surface area (Å²) < 4.78 is 52.2. The fourth-order valence-corrected chi connectivity index (χ4v) is 1.66. The second-order valence-corrected chi connectivity index (χ2v) is 3.95. The number of benzene rings is 1. The molecule has 0 radical (unpaired) electrons. The van der Waals surface area contributed by atoms with Gasteiger partial charge in [0.1, 0.15) is 18.2 Å². The lowest BCUT2D eigenvalue weighted by Gasteiger charge is -2.12. The monoisotopic (exact) mass is 289 g/mol. The number of nitro groups is 1. The summed E-state index contributed by atoms with van der Waals surface area (Å²) in [5.74, 6) is -1.01. The molecule has 0 saturated carbocycles. The molecule has 20 heavy (non-hydrogen) atoms. The third kappa shape index (κ3) is 2.92. The number of hydrogen-bond acceptors (Lipinski definition) is 3. The Hall–Kier alpha value is -2.45. The average Bonchev–Trinajstić information content (AvgIpc) is 2.79. The van der Waals surface area contributed by atoms with Gasteiger partial charge in [-0.1, -0.05) is 6.07 Å². The highest BCUT2D eigenvalue weighted by molar-refractivity contribution is 5.31. The second-order valence-electron chi connectivity index (χ2n) is 3.95. The summed E-state index contributed by atoms with van der Waals surface area (Å²) >= 11 is 0. The highest BCUT2D eigenvalue weighted by atomic mass is 19.4. The Kier molecular flexibility index (Phi) is 3.43. The SMILES string of the molecule is O=[N+]([O-])c1cnn(Cc2ccc(F)cc2C(F)(F)F)c1. The predicted octanol–water partition coefficient (Wildman–Crippen LogP) is 3.00. The summed E-state index contributed by atoms with van der Waals surface area (Å²) in [4.78, 5) is 9.75. The Labute approximate surface area is 109 Å². The van der Waals surface area contributed by atoms with Crippen molar-refractivity contribution in [2.45, 2.75) is 12.7 Å². The molecule has 0 bridgehead atoms. The van der Waals surface area contributed by atoms with E-state index in [1.807, 2.05) is 0 Å². The summed E-state index contributed by atoms with van der Waals surface area (Å²) in [6.45, 7) is -0.344. The van der Waals surface area contributed by atoms with Crippen LogP contribution in [0.3, 0.4) is 0 Å². The molecule has 0 aliphatic carbocycles. The largest absolute Gasteiger partial charge is 0.416 e. The van der Waals surface area contributed by atoms with E-state index in [1.165, 1.54) is 0 Å². The fraction of sp³-hybridized carbons (Fsp3) is 0.182. The predicted molar refractivity (Wildman–Crippen MR) is 59.4 cm³/mol. The molecule has 1 aromatic carbocycles. The van der Waals surface area contributed by atoms with Crippen molar-refractivity contribution in [3.8, 4) is 0 Å². The molecule has 2 rings (SSSR count). The van der Waals surface area contributed by atoms with E-state index in [-0.39, 0.29) is 17.8 Å². The number of aromatic nitrogens is 2. The minimum Gasteiger partial charge on any atom is -0.261 e. The summed E-state index contributed by atoms with van der Waals surface area (Å²) in [6.07, 6.45) is -2.78. The molecule has 0 saturated heterocycles. The van der Waals surface area contributed by atoms with E-state index >= 15 is 0 Å². The van der Waals surface area contributed by atoms with Crippen molar-refractivity contribution in [1.82, 2.24) is 9.78 Å². The van der Waals surface area contributed by atoms with Crippen LogP contribution in [0.5, 0.6) is 0 Å². The zero-order valence-corrected chi connectivity index (χ0v) is 9.76. The lowest BCUT2D eigenvalue weighted by atomic mass is 10.1. The molecule has 9 heteroatoms. The first-order valence-electron chi connectivity index (χ1n) is 5.30. The quantitative estimate of drug-likeness (QED) is 0.496. The van der Waals surface area contributed by atoms with Crippen molar-refractivity contribution in [3.63, 3.8) is 0 Å². The van der Waals surface area contributed by atoms with Crippen LogP contribution in [0.1, 0.15) is 11.1 Å². The van der Waals surface area contributed by atoms with Gasteiger partial charge in [-0.25, -0.2) is 4.39 Å². The molecule has 0 amide bonds. The number of alkyl halides is 3. The van der Waals surface area contributed by atoms with Crippen molar-refractivity contribution in [2.24, 2.45) is 0 Å². The Morgan fingerprint density at radius 1 is 1.35 bits per heavy atom. The maximum Gasteiger partial charge on any atom is 0.416 e. The standard InChI is InChI=1S/C11H7F4N3O2/c12-8-2-1-7(10(3-8)11(13,14)15)5-17-6-9(4-16-17)18(19)20/h1-4,6H,5H2. The number of halogens is 4. The zero-order chi connectivity index (χ0) is 14.9. The van der Waals surface area contributed by atoms with Crippen LogP contribution in [0.2, 0.25) is 0 Å². The van der Waals surface area contributed by atoms with Crippen LogP contribution in [-0.2, 0) is 12.7 Å². The average molecular weight is 289 g/mol.